The molecule has 0 aliphatic rings. The van der Waals surface area contributed by atoms with Crippen molar-refractivity contribution < 1.29 is 9.90 Å². The van der Waals surface area contributed by atoms with Gasteiger partial charge in [0.15, 0.2) is 0 Å². The van der Waals surface area contributed by atoms with Gasteiger partial charge in [0.25, 0.3) is 0 Å². The summed E-state index contributed by atoms with van der Waals surface area (Å²) < 4.78 is 0. The second kappa shape index (κ2) is 3.72. The summed E-state index contributed by atoms with van der Waals surface area (Å²) in [5.41, 5.74) is 0.442. The molecule has 0 aromatic heterocycles. The third-order valence-electron chi connectivity index (χ3n) is 0.674. The van der Waals surface area contributed by atoms with Crippen LogP contribution in [-0.4, -0.2) is 11.2 Å². The van der Waals surface area contributed by atoms with Crippen LogP contribution in [0.4, 0.5) is 4.79 Å². The highest BCUT2D eigenvalue weighted by Gasteiger charge is 1.93. The molecule has 0 aliphatic carbocycles. The fourth-order valence-electron chi connectivity index (χ4n) is 0.376. The zero-order valence-corrected chi connectivity index (χ0v) is 5.05. The average Bonchev–Trinajstić information content (AvgIpc) is 1.63. The summed E-state index contributed by atoms with van der Waals surface area (Å²) in [6.07, 6.45) is 0.978. The van der Waals surface area contributed by atoms with E-state index < -0.39 is 6.09 Å². The largest absolute Gasteiger partial charge is 0.465 e. The third-order valence-corrected chi connectivity index (χ3v) is 0.674. The van der Waals surface area contributed by atoms with Crippen LogP contribution < -0.4 is 5.32 Å². The van der Waals surface area contributed by atoms with Gasteiger partial charge in [0.05, 0.1) is 0 Å². The van der Waals surface area contributed by atoms with Gasteiger partial charge in [-0.3, -0.25) is 5.32 Å². The highest BCUT2D eigenvalue weighted by Crippen LogP contribution is 1.91. The lowest BCUT2D eigenvalue weighted by atomic mass is 10.3. The van der Waals surface area contributed by atoms with Crippen LogP contribution in [0, 0.1) is 0 Å². The van der Waals surface area contributed by atoms with E-state index in [4.69, 9.17) is 5.11 Å². The minimum Gasteiger partial charge on any atom is -0.465 e. The fourth-order valence-corrected chi connectivity index (χ4v) is 0.376. The molecular formula is C6H9NO2. The van der Waals surface area contributed by atoms with E-state index in [0.717, 1.165) is 0 Å². The lowest BCUT2D eigenvalue weighted by Crippen LogP contribution is -2.18. The Morgan fingerprint density at radius 3 is 2.67 bits per heavy atom. The van der Waals surface area contributed by atoms with Crippen molar-refractivity contribution in [3.05, 3.63) is 24.9 Å². The van der Waals surface area contributed by atoms with Crippen molar-refractivity contribution in [2.24, 2.45) is 0 Å². The highest BCUT2D eigenvalue weighted by molar-refractivity contribution is 5.66. The van der Waals surface area contributed by atoms with E-state index in [1.807, 2.05) is 0 Å². The first-order valence-electron chi connectivity index (χ1n) is 2.45. The van der Waals surface area contributed by atoms with E-state index in [2.05, 4.69) is 18.5 Å². The summed E-state index contributed by atoms with van der Waals surface area (Å²) in [6.45, 7) is 6.84. The predicted octanol–water partition coefficient (Wildman–Crippen LogP) is 1.34. The summed E-state index contributed by atoms with van der Waals surface area (Å²) in [5.74, 6) is 0. The first-order valence-corrected chi connectivity index (χ1v) is 2.45. The third kappa shape index (κ3) is 4.61. The van der Waals surface area contributed by atoms with E-state index in [9.17, 15) is 4.79 Å². The molecule has 50 valence electrons. The zero-order valence-electron chi connectivity index (χ0n) is 5.05. The first-order chi connectivity index (χ1) is 4.16. The van der Waals surface area contributed by atoms with Crippen molar-refractivity contribution in [2.75, 3.05) is 0 Å². The summed E-state index contributed by atoms with van der Waals surface area (Å²) >= 11 is 0. The quantitative estimate of drug-likeness (QED) is 0.562. The van der Waals surface area contributed by atoms with E-state index in [1.165, 1.54) is 0 Å². The Balaban J connectivity index is 3.50. The first kappa shape index (κ1) is 7.75. The van der Waals surface area contributed by atoms with Gasteiger partial charge in [-0.05, 0) is 0 Å². The number of nitrogens with one attached hydrogen (secondary N) is 1. The molecule has 0 bridgehead atoms. The van der Waals surface area contributed by atoms with E-state index in [1.54, 1.807) is 6.08 Å². The predicted molar refractivity (Wildman–Crippen MR) is 35.1 cm³/mol. The fraction of sp³-hybridized carbons (Fsp3) is 0.167. The van der Waals surface area contributed by atoms with Crippen molar-refractivity contribution in [3.63, 3.8) is 0 Å². The van der Waals surface area contributed by atoms with Crippen molar-refractivity contribution in [1.82, 2.24) is 5.32 Å². The summed E-state index contributed by atoms with van der Waals surface area (Å²) in [4.78, 5) is 9.88. The Morgan fingerprint density at radius 1 is 1.78 bits per heavy atom. The zero-order chi connectivity index (χ0) is 7.28. The maximum Gasteiger partial charge on any atom is 0.408 e. The number of hydrogen-bond acceptors (Lipinski definition) is 1. The molecule has 0 heterocycles. The van der Waals surface area contributed by atoms with Crippen molar-refractivity contribution in [2.45, 2.75) is 6.42 Å². The van der Waals surface area contributed by atoms with Gasteiger partial charge >= 0.3 is 6.09 Å². The van der Waals surface area contributed by atoms with Crippen molar-refractivity contribution >= 4 is 6.09 Å². The van der Waals surface area contributed by atoms with Gasteiger partial charge in [0.2, 0.25) is 0 Å². The number of rotatable bonds is 3. The molecule has 0 aliphatic heterocycles. The number of carbonyl (C=O) groups is 1. The molecule has 0 aromatic rings. The van der Waals surface area contributed by atoms with Crippen LogP contribution >= 0.6 is 0 Å². The molecule has 9 heavy (non-hydrogen) atoms. The van der Waals surface area contributed by atoms with Crippen molar-refractivity contribution in [1.29, 1.82) is 0 Å². The van der Waals surface area contributed by atoms with Gasteiger partial charge < -0.3 is 5.11 Å². The molecule has 0 saturated heterocycles. The van der Waals surface area contributed by atoms with Gasteiger partial charge in [0.1, 0.15) is 0 Å². The molecule has 0 spiro atoms. The molecular weight excluding hydrogens is 118 g/mol. The molecule has 2 N–H and O–H groups in total. The molecule has 0 fully saturated rings. The molecule has 3 heteroatoms. The Kier molecular flexibility index (Phi) is 3.20. The van der Waals surface area contributed by atoms with Crippen LogP contribution in [0.5, 0.6) is 0 Å². The lowest BCUT2D eigenvalue weighted by Gasteiger charge is -1.98. The number of hydrogen-bond donors (Lipinski definition) is 2. The maximum absolute atomic E-state index is 9.88. The number of allylic oxidation sites excluding steroid dienone is 1. The monoisotopic (exact) mass is 127 g/mol. The topological polar surface area (TPSA) is 49.3 Å². The van der Waals surface area contributed by atoms with Gasteiger partial charge in [-0.15, -0.1) is 6.58 Å². The maximum atomic E-state index is 9.88. The second-order valence-electron chi connectivity index (χ2n) is 1.53. The molecule has 0 unspecified atom stereocenters. The van der Waals surface area contributed by atoms with E-state index >= 15 is 0 Å². The molecule has 0 aromatic carbocycles. The lowest BCUT2D eigenvalue weighted by molar-refractivity contribution is 0.197. The molecule has 1 amide bonds. The molecule has 0 saturated carbocycles. The Morgan fingerprint density at radius 2 is 2.33 bits per heavy atom. The normalized spacial score (nSPS) is 8.00. The van der Waals surface area contributed by atoms with Gasteiger partial charge in [-0.25, -0.2) is 4.79 Å². The van der Waals surface area contributed by atoms with Crippen LogP contribution in [0.1, 0.15) is 6.42 Å². The number of carboxylic acid groups (broad SMARTS) is 1. The number of amides is 1. The molecule has 3 nitrogen and oxygen atoms in total. The minimum absolute atomic E-state index is 0.442. The Labute approximate surface area is 53.7 Å². The SMILES string of the molecule is C=CCC(=C)NC(=O)O. The summed E-state index contributed by atoms with van der Waals surface area (Å²) in [7, 11) is 0. The molecule has 0 rings (SSSR count). The van der Waals surface area contributed by atoms with Gasteiger partial charge in [-0.2, -0.15) is 0 Å². The van der Waals surface area contributed by atoms with Crippen LogP contribution in [-0.2, 0) is 0 Å². The highest BCUT2D eigenvalue weighted by atomic mass is 16.4. The van der Waals surface area contributed by atoms with Crippen LogP contribution in [0.2, 0.25) is 0 Å². The van der Waals surface area contributed by atoms with Crippen LogP contribution in [0.3, 0.4) is 0 Å². The van der Waals surface area contributed by atoms with Crippen LogP contribution in [0.25, 0.3) is 0 Å². The minimum atomic E-state index is -1.08. The smallest absolute Gasteiger partial charge is 0.408 e. The van der Waals surface area contributed by atoms with E-state index in [0.29, 0.717) is 12.1 Å². The van der Waals surface area contributed by atoms with E-state index in [-0.39, 0.29) is 0 Å². The molecule has 0 atom stereocenters. The Hall–Kier alpha value is -1.25. The van der Waals surface area contributed by atoms with Gasteiger partial charge in [0, 0.05) is 12.1 Å². The average molecular weight is 127 g/mol. The van der Waals surface area contributed by atoms with Crippen LogP contribution in [0.15, 0.2) is 24.9 Å². The second-order valence-corrected chi connectivity index (χ2v) is 1.53. The standard InChI is InChI=1S/C6H9NO2/c1-3-4-5(2)7-6(8)9/h3,7H,1-2,4H2,(H,8,9). The summed E-state index contributed by atoms with van der Waals surface area (Å²) in [6, 6.07) is 0. The Bertz CT molecular complexity index is 140. The van der Waals surface area contributed by atoms with Crippen molar-refractivity contribution in [3.8, 4) is 0 Å². The van der Waals surface area contributed by atoms with Gasteiger partial charge in [-0.1, -0.05) is 12.7 Å². The summed E-state index contributed by atoms with van der Waals surface area (Å²) in [5, 5.41) is 10.2. The molecule has 0 radical (unpaired) electrons.